The van der Waals surface area contributed by atoms with Crippen LogP contribution in [0.25, 0.3) is 0 Å². The standard InChI is InChI=1S/C14H21N3/c15-14-13(8-3-9-16-14)17-10-4-6-11-5-1-2-7-12(11)17/h3,8-9,11-12H,1-2,4-7,10H2,(H2,15,16)/t11-,12-/m1/s1. The zero-order chi connectivity index (χ0) is 11.7. The number of nitrogens with two attached hydrogens (primary N) is 1. The highest BCUT2D eigenvalue weighted by atomic mass is 15.2. The molecule has 1 saturated carbocycles. The maximum Gasteiger partial charge on any atom is 0.146 e. The molecule has 3 heteroatoms. The van der Waals surface area contributed by atoms with Crippen LogP contribution in [0.3, 0.4) is 0 Å². The molecular weight excluding hydrogens is 210 g/mol. The molecule has 0 unspecified atom stereocenters. The Morgan fingerprint density at radius 1 is 1.18 bits per heavy atom. The molecule has 0 spiro atoms. The SMILES string of the molecule is Nc1ncccc1N1CCC[C@H]2CCCC[C@H]21. The highest BCUT2D eigenvalue weighted by molar-refractivity contribution is 5.63. The van der Waals surface area contributed by atoms with Crippen LogP contribution in [0.15, 0.2) is 18.3 Å². The van der Waals surface area contributed by atoms with Gasteiger partial charge in [-0.1, -0.05) is 12.8 Å². The molecule has 0 bridgehead atoms. The number of aromatic nitrogens is 1. The second kappa shape index (κ2) is 4.55. The number of nitrogens with zero attached hydrogens (tertiary/aromatic N) is 2. The summed E-state index contributed by atoms with van der Waals surface area (Å²) in [6.45, 7) is 1.15. The minimum absolute atomic E-state index is 0.693. The molecule has 1 aromatic heterocycles. The van der Waals surface area contributed by atoms with Crippen molar-refractivity contribution in [2.75, 3.05) is 17.2 Å². The van der Waals surface area contributed by atoms with Crippen molar-refractivity contribution in [2.24, 2.45) is 5.92 Å². The van der Waals surface area contributed by atoms with Crippen molar-refractivity contribution in [3.63, 3.8) is 0 Å². The number of hydrogen-bond acceptors (Lipinski definition) is 3. The van der Waals surface area contributed by atoms with Crippen molar-refractivity contribution in [1.29, 1.82) is 0 Å². The van der Waals surface area contributed by atoms with Crippen LogP contribution in [0.5, 0.6) is 0 Å². The van der Waals surface area contributed by atoms with E-state index in [1.165, 1.54) is 38.5 Å². The minimum atomic E-state index is 0.693. The van der Waals surface area contributed by atoms with Crippen molar-refractivity contribution in [3.05, 3.63) is 18.3 Å². The van der Waals surface area contributed by atoms with Crippen LogP contribution in [0.4, 0.5) is 11.5 Å². The molecule has 92 valence electrons. The second-order valence-corrected chi connectivity index (χ2v) is 5.36. The maximum atomic E-state index is 6.02. The van der Waals surface area contributed by atoms with Gasteiger partial charge >= 0.3 is 0 Å². The van der Waals surface area contributed by atoms with Crippen molar-refractivity contribution >= 4 is 11.5 Å². The summed E-state index contributed by atoms with van der Waals surface area (Å²) >= 11 is 0. The Bertz CT molecular complexity index is 389. The molecule has 0 radical (unpaired) electrons. The van der Waals surface area contributed by atoms with Gasteiger partial charge in [-0.15, -0.1) is 0 Å². The normalized spacial score (nSPS) is 28.8. The Kier molecular flexibility index (Phi) is 2.91. The highest BCUT2D eigenvalue weighted by Gasteiger charge is 2.33. The largest absolute Gasteiger partial charge is 0.382 e. The molecule has 0 aromatic carbocycles. The number of nitrogen functional groups attached to an aromatic ring is 1. The van der Waals surface area contributed by atoms with E-state index >= 15 is 0 Å². The zero-order valence-electron chi connectivity index (χ0n) is 10.3. The fraction of sp³-hybridized carbons (Fsp3) is 0.643. The molecule has 1 saturated heterocycles. The molecule has 3 rings (SSSR count). The molecule has 3 nitrogen and oxygen atoms in total. The van der Waals surface area contributed by atoms with Crippen LogP contribution >= 0.6 is 0 Å². The predicted octanol–water partition coefficient (Wildman–Crippen LogP) is 2.82. The van der Waals surface area contributed by atoms with Gasteiger partial charge in [0.1, 0.15) is 5.82 Å². The molecule has 17 heavy (non-hydrogen) atoms. The number of hydrogen-bond donors (Lipinski definition) is 1. The van der Waals surface area contributed by atoms with E-state index in [0.29, 0.717) is 11.9 Å². The third-order valence-electron chi connectivity index (χ3n) is 4.37. The number of rotatable bonds is 1. The first-order valence-corrected chi connectivity index (χ1v) is 6.83. The van der Waals surface area contributed by atoms with Gasteiger partial charge in [0.25, 0.3) is 0 Å². The summed E-state index contributed by atoms with van der Waals surface area (Å²) in [7, 11) is 0. The predicted molar refractivity (Wildman–Crippen MR) is 71.0 cm³/mol. The third-order valence-corrected chi connectivity index (χ3v) is 4.37. The van der Waals surface area contributed by atoms with Gasteiger partial charge in [0.05, 0.1) is 5.69 Å². The number of fused-ring (bicyclic) bond motifs is 1. The Balaban J connectivity index is 1.88. The molecule has 1 aliphatic carbocycles. The van der Waals surface area contributed by atoms with E-state index in [0.717, 1.165) is 18.2 Å². The van der Waals surface area contributed by atoms with E-state index in [1.54, 1.807) is 6.20 Å². The van der Waals surface area contributed by atoms with Gasteiger partial charge < -0.3 is 10.6 Å². The Labute approximate surface area is 103 Å². The van der Waals surface area contributed by atoms with Crippen molar-refractivity contribution in [3.8, 4) is 0 Å². The van der Waals surface area contributed by atoms with Crippen molar-refractivity contribution < 1.29 is 0 Å². The third kappa shape index (κ3) is 1.99. The lowest BCUT2D eigenvalue weighted by Crippen LogP contribution is -2.47. The van der Waals surface area contributed by atoms with Crippen LogP contribution in [0.2, 0.25) is 0 Å². The highest BCUT2D eigenvalue weighted by Crippen LogP contribution is 2.38. The fourth-order valence-corrected chi connectivity index (χ4v) is 3.58. The van der Waals surface area contributed by atoms with Gasteiger partial charge in [-0.25, -0.2) is 4.98 Å². The molecule has 0 amide bonds. The van der Waals surface area contributed by atoms with Crippen LogP contribution in [-0.2, 0) is 0 Å². The van der Waals surface area contributed by atoms with E-state index in [2.05, 4.69) is 16.0 Å². The number of pyridine rings is 1. The van der Waals surface area contributed by atoms with E-state index in [9.17, 15) is 0 Å². The zero-order valence-corrected chi connectivity index (χ0v) is 10.3. The van der Waals surface area contributed by atoms with E-state index < -0.39 is 0 Å². The fourth-order valence-electron chi connectivity index (χ4n) is 3.58. The Morgan fingerprint density at radius 3 is 2.88 bits per heavy atom. The first-order chi connectivity index (χ1) is 8.36. The van der Waals surface area contributed by atoms with E-state index in [-0.39, 0.29) is 0 Å². The molecule has 2 aliphatic rings. The minimum Gasteiger partial charge on any atom is -0.382 e. The van der Waals surface area contributed by atoms with Gasteiger partial charge in [0.15, 0.2) is 0 Å². The summed E-state index contributed by atoms with van der Waals surface area (Å²) in [4.78, 5) is 6.75. The summed E-state index contributed by atoms with van der Waals surface area (Å²) in [5.41, 5.74) is 7.18. The topological polar surface area (TPSA) is 42.1 Å². The van der Waals surface area contributed by atoms with Gasteiger partial charge in [-0.3, -0.25) is 0 Å². The van der Waals surface area contributed by atoms with Crippen LogP contribution in [-0.4, -0.2) is 17.6 Å². The molecule has 1 aromatic rings. The lowest BCUT2D eigenvalue weighted by Gasteiger charge is -2.45. The molecule has 2 atom stereocenters. The molecule has 2 heterocycles. The maximum absolute atomic E-state index is 6.02. The average molecular weight is 231 g/mol. The molecule has 2 fully saturated rings. The Morgan fingerprint density at radius 2 is 2.00 bits per heavy atom. The summed E-state index contributed by atoms with van der Waals surface area (Å²) in [5.74, 6) is 1.58. The first kappa shape index (κ1) is 10.9. The van der Waals surface area contributed by atoms with Gasteiger partial charge in [0, 0.05) is 18.8 Å². The van der Waals surface area contributed by atoms with E-state index in [4.69, 9.17) is 5.73 Å². The summed E-state index contributed by atoms with van der Waals surface area (Å²) in [6.07, 6.45) is 10.0. The first-order valence-electron chi connectivity index (χ1n) is 6.83. The quantitative estimate of drug-likeness (QED) is 0.808. The molecule has 1 aliphatic heterocycles. The lowest BCUT2D eigenvalue weighted by molar-refractivity contribution is 0.244. The lowest BCUT2D eigenvalue weighted by atomic mass is 9.78. The van der Waals surface area contributed by atoms with Crippen molar-refractivity contribution in [1.82, 2.24) is 4.98 Å². The smallest absolute Gasteiger partial charge is 0.146 e. The van der Waals surface area contributed by atoms with Crippen LogP contribution in [0.1, 0.15) is 38.5 Å². The molecular formula is C14H21N3. The van der Waals surface area contributed by atoms with Crippen molar-refractivity contribution in [2.45, 2.75) is 44.6 Å². The number of piperidine rings is 1. The summed E-state index contributed by atoms with van der Waals surface area (Å²) in [5, 5.41) is 0. The Hall–Kier alpha value is -1.25. The van der Waals surface area contributed by atoms with Crippen LogP contribution < -0.4 is 10.6 Å². The molecule has 2 N–H and O–H groups in total. The second-order valence-electron chi connectivity index (χ2n) is 5.36. The van der Waals surface area contributed by atoms with Gasteiger partial charge in [-0.05, 0) is 43.7 Å². The average Bonchev–Trinajstić information content (AvgIpc) is 2.39. The van der Waals surface area contributed by atoms with Gasteiger partial charge in [-0.2, -0.15) is 0 Å². The summed E-state index contributed by atoms with van der Waals surface area (Å²) < 4.78 is 0. The number of anilines is 2. The van der Waals surface area contributed by atoms with Gasteiger partial charge in [0.2, 0.25) is 0 Å². The monoisotopic (exact) mass is 231 g/mol. The van der Waals surface area contributed by atoms with Crippen LogP contribution in [0, 0.1) is 5.92 Å². The summed E-state index contributed by atoms with van der Waals surface area (Å²) in [6, 6.07) is 4.83. The van der Waals surface area contributed by atoms with E-state index in [1.807, 2.05) is 6.07 Å².